The molecule has 0 unspecified atom stereocenters. The van der Waals surface area contributed by atoms with Crippen LogP contribution < -0.4 is 15.6 Å². The summed E-state index contributed by atoms with van der Waals surface area (Å²) in [7, 11) is -3.59. The molecule has 5 N–H and O–H groups in total. The highest BCUT2D eigenvalue weighted by Crippen LogP contribution is 1.92. The molecule has 0 atom stereocenters. The van der Waals surface area contributed by atoms with E-state index in [9.17, 15) is 8.42 Å². The summed E-state index contributed by atoms with van der Waals surface area (Å²) in [5.41, 5.74) is 4.90. The van der Waals surface area contributed by atoms with Crippen LogP contribution in [0.4, 0.5) is 0 Å². The Kier molecular flexibility index (Phi) is 2.78. The summed E-state index contributed by atoms with van der Waals surface area (Å²) >= 11 is 0. The summed E-state index contributed by atoms with van der Waals surface area (Å²) in [6.45, 7) is 3.54. The van der Waals surface area contributed by atoms with E-state index in [1.54, 1.807) is 13.8 Å². The second-order valence-electron chi connectivity index (χ2n) is 2.85. The van der Waals surface area contributed by atoms with Gasteiger partial charge in [-0.25, -0.2) is 9.86 Å². The van der Waals surface area contributed by atoms with Crippen LogP contribution in [0.3, 0.4) is 0 Å². The Hall–Kier alpha value is -0.170. The van der Waals surface area contributed by atoms with Gasteiger partial charge in [0.05, 0.1) is 0 Å². The number of nitrogens with two attached hydrogens (primary N) is 2. The first-order valence-corrected chi connectivity index (χ1v) is 4.32. The van der Waals surface area contributed by atoms with Crippen molar-refractivity contribution >= 4 is 10.2 Å². The molecule has 0 fully saturated rings. The summed E-state index contributed by atoms with van der Waals surface area (Å²) < 4.78 is 22.7. The smallest absolute Gasteiger partial charge is 0.274 e. The summed E-state index contributed by atoms with van der Waals surface area (Å²) in [5.74, 6) is 0. The summed E-state index contributed by atoms with van der Waals surface area (Å²) in [6.07, 6.45) is 0. The van der Waals surface area contributed by atoms with E-state index in [-0.39, 0.29) is 6.54 Å². The van der Waals surface area contributed by atoms with Gasteiger partial charge in [-0.2, -0.15) is 8.42 Å². The molecule has 6 heteroatoms. The van der Waals surface area contributed by atoms with E-state index in [0.717, 1.165) is 0 Å². The maximum Gasteiger partial charge on any atom is 0.274 e. The SMILES string of the molecule is CC(C)(N)CNS(N)(=O)=O. The van der Waals surface area contributed by atoms with Crippen LogP contribution in [-0.4, -0.2) is 20.5 Å². The molecule has 0 radical (unpaired) electrons. The van der Waals surface area contributed by atoms with Crippen LogP contribution in [0.2, 0.25) is 0 Å². The van der Waals surface area contributed by atoms with Crippen LogP contribution >= 0.6 is 0 Å². The van der Waals surface area contributed by atoms with Crippen LogP contribution in [0.5, 0.6) is 0 Å². The van der Waals surface area contributed by atoms with Crippen LogP contribution in [0.1, 0.15) is 13.8 Å². The zero-order chi connectivity index (χ0) is 8.41. The third kappa shape index (κ3) is 7.83. The minimum absolute atomic E-state index is 0.145. The Bertz CT molecular complexity index is 191. The van der Waals surface area contributed by atoms with Gasteiger partial charge in [-0.1, -0.05) is 0 Å². The predicted octanol–water partition coefficient (Wildman–Crippen LogP) is -1.48. The van der Waals surface area contributed by atoms with Crippen LogP contribution in [0, 0.1) is 0 Å². The van der Waals surface area contributed by atoms with Gasteiger partial charge in [0.15, 0.2) is 0 Å². The third-order valence-corrected chi connectivity index (χ3v) is 1.28. The van der Waals surface area contributed by atoms with Gasteiger partial charge in [0, 0.05) is 12.1 Å². The quantitative estimate of drug-likeness (QED) is 0.478. The van der Waals surface area contributed by atoms with Crippen molar-refractivity contribution in [1.29, 1.82) is 0 Å². The number of hydrogen-bond acceptors (Lipinski definition) is 3. The lowest BCUT2D eigenvalue weighted by Crippen LogP contribution is -2.46. The molecule has 0 spiro atoms. The average molecular weight is 167 g/mol. The number of hydrogen-bond donors (Lipinski definition) is 3. The molecule has 0 aromatic heterocycles. The molecule has 62 valence electrons. The molecule has 0 aliphatic rings. The van der Waals surface area contributed by atoms with Crippen molar-refractivity contribution in [3.05, 3.63) is 0 Å². The molecule has 0 aliphatic heterocycles. The molecule has 5 nitrogen and oxygen atoms in total. The van der Waals surface area contributed by atoms with E-state index < -0.39 is 15.7 Å². The van der Waals surface area contributed by atoms with Gasteiger partial charge in [-0.3, -0.25) is 0 Å². The van der Waals surface area contributed by atoms with Crippen molar-refractivity contribution in [2.24, 2.45) is 10.9 Å². The largest absolute Gasteiger partial charge is 0.324 e. The van der Waals surface area contributed by atoms with Gasteiger partial charge in [-0.15, -0.1) is 0 Å². The Morgan fingerprint density at radius 1 is 1.50 bits per heavy atom. The van der Waals surface area contributed by atoms with E-state index >= 15 is 0 Å². The second-order valence-corrected chi connectivity index (χ2v) is 4.23. The summed E-state index contributed by atoms with van der Waals surface area (Å²) in [6, 6.07) is 0. The van der Waals surface area contributed by atoms with E-state index in [2.05, 4.69) is 9.86 Å². The van der Waals surface area contributed by atoms with Gasteiger partial charge in [0.1, 0.15) is 0 Å². The lowest BCUT2D eigenvalue weighted by atomic mass is 10.1. The standard InChI is InChI=1S/C4H13N3O2S/c1-4(2,5)3-7-10(6,8)9/h7H,3,5H2,1-2H3,(H2,6,8,9). The van der Waals surface area contributed by atoms with Crippen molar-refractivity contribution in [3.8, 4) is 0 Å². The summed E-state index contributed by atoms with van der Waals surface area (Å²) in [4.78, 5) is 0. The Balaban J connectivity index is 3.79. The molecule has 0 aromatic carbocycles. The highest BCUT2D eigenvalue weighted by Gasteiger charge is 2.12. The zero-order valence-corrected chi connectivity index (χ0v) is 6.90. The summed E-state index contributed by atoms with van der Waals surface area (Å²) in [5, 5.41) is 4.65. The van der Waals surface area contributed by atoms with Crippen LogP contribution in [0.15, 0.2) is 0 Å². The highest BCUT2D eigenvalue weighted by atomic mass is 32.2. The van der Waals surface area contributed by atoms with Gasteiger partial charge in [-0.05, 0) is 13.8 Å². The average Bonchev–Trinajstić information content (AvgIpc) is 1.57. The van der Waals surface area contributed by atoms with Gasteiger partial charge < -0.3 is 5.73 Å². The molecular formula is C4H13N3O2S. The Morgan fingerprint density at radius 3 is 2.00 bits per heavy atom. The fraction of sp³-hybridized carbons (Fsp3) is 1.00. The Morgan fingerprint density at radius 2 is 1.90 bits per heavy atom. The molecule has 0 bridgehead atoms. The predicted molar refractivity (Wildman–Crippen MR) is 39.4 cm³/mol. The fourth-order valence-corrected chi connectivity index (χ4v) is 0.860. The first-order valence-electron chi connectivity index (χ1n) is 2.77. The van der Waals surface area contributed by atoms with Crippen LogP contribution in [-0.2, 0) is 10.2 Å². The van der Waals surface area contributed by atoms with Gasteiger partial charge >= 0.3 is 0 Å². The van der Waals surface area contributed by atoms with Gasteiger partial charge in [0.25, 0.3) is 10.2 Å². The maximum atomic E-state index is 10.3. The zero-order valence-electron chi connectivity index (χ0n) is 6.09. The first kappa shape index (κ1) is 9.83. The van der Waals surface area contributed by atoms with Crippen molar-refractivity contribution in [2.75, 3.05) is 6.54 Å². The second kappa shape index (κ2) is 2.83. The van der Waals surface area contributed by atoms with E-state index in [4.69, 9.17) is 5.73 Å². The minimum Gasteiger partial charge on any atom is -0.324 e. The fourth-order valence-electron chi connectivity index (χ4n) is 0.287. The van der Waals surface area contributed by atoms with Gasteiger partial charge in [0.2, 0.25) is 0 Å². The lowest BCUT2D eigenvalue weighted by molar-refractivity contribution is 0.498. The molecule has 0 aromatic rings. The molecule has 0 saturated heterocycles. The maximum absolute atomic E-state index is 10.3. The minimum atomic E-state index is -3.59. The van der Waals surface area contributed by atoms with Crippen molar-refractivity contribution in [3.63, 3.8) is 0 Å². The van der Waals surface area contributed by atoms with E-state index in [1.807, 2.05) is 0 Å². The molecular weight excluding hydrogens is 154 g/mol. The van der Waals surface area contributed by atoms with Crippen LogP contribution in [0.25, 0.3) is 0 Å². The molecule has 0 amide bonds. The Labute approximate surface area is 61.0 Å². The number of nitrogens with one attached hydrogen (secondary N) is 1. The normalized spacial score (nSPS) is 13.6. The number of rotatable bonds is 3. The lowest BCUT2D eigenvalue weighted by Gasteiger charge is -2.17. The molecule has 0 heterocycles. The topological polar surface area (TPSA) is 98.2 Å². The molecule has 10 heavy (non-hydrogen) atoms. The van der Waals surface area contributed by atoms with Crippen molar-refractivity contribution < 1.29 is 8.42 Å². The highest BCUT2D eigenvalue weighted by molar-refractivity contribution is 7.87. The molecule has 0 saturated carbocycles. The van der Waals surface area contributed by atoms with E-state index in [0.29, 0.717) is 0 Å². The first-order chi connectivity index (χ1) is 4.21. The van der Waals surface area contributed by atoms with Crippen molar-refractivity contribution in [1.82, 2.24) is 4.72 Å². The monoisotopic (exact) mass is 167 g/mol. The third-order valence-electron chi connectivity index (χ3n) is 0.729. The molecule has 0 rings (SSSR count). The molecule has 0 aliphatic carbocycles. The van der Waals surface area contributed by atoms with Crippen molar-refractivity contribution in [2.45, 2.75) is 19.4 Å². The van der Waals surface area contributed by atoms with E-state index in [1.165, 1.54) is 0 Å².